The first kappa shape index (κ1) is 11.1. The van der Waals surface area contributed by atoms with Gasteiger partial charge in [-0.1, -0.05) is 6.92 Å². The Labute approximate surface area is 95.7 Å². The summed E-state index contributed by atoms with van der Waals surface area (Å²) in [6.45, 7) is 6.00. The van der Waals surface area contributed by atoms with Gasteiger partial charge in [0.1, 0.15) is 0 Å². The average molecular weight is 220 g/mol. The highest BCUT2D eigenvalue weighted by atomic mass is 16.4. The molecule has 0 fully saturated rings. The Hall–Kier alpha value is -1.38. The number of hydrogen-bond donors (Lipinski definition) is 1. The molecule has 0 aromatic carbocycles. The molecule has 2 rings (SSSR count). The van der Waals surface area contributed by atoms with Gasteiger partial charge in [0, 0.05) is 18.1 Å². The predicted molar refractivity (Wildman–Crippen MR) is 60.5 cm³/mol. The predicted octanol–water partition coefficient (Wildman–Crippen LogP) is 1.98. The first-order valence-corrected chi connectivity index (χ1v) is 5.77. The number of aliphatic carboxylic acids is 1. The first-order chi connectivity index (χ1) is 7.50. The number of carboxylic acids is 1. The maximum absolute atomic E-state index is 11.0. The van der Waals surface area contributed by atoms with Crippen LogP contribution in [0, 0.1) is 6.92 Å². The van der Waals surface area contributed by atoms with Crippen molar-refractivity contribution in [3.8, 4) is 0 Å². The van der Waals surface area contributed by atoms with Crippen molar-refractivity contribution in [1.82, 2.24) is 0 Å². The average Bonchev–Trinajstić information content (AvgIpc) is 2.60. The summed E-state index contributed by atoms with van der Waals surface area (Å²) in [5.74, 6) is -0.225. The van der Waals surface area contributed by atoms with Gasteiger partial charge in [-0.05, 0) is 31.2 Å². The minimum Gasteiger partial charge on any atom is -0.476 e. The fourth-order valence-electron chi connectivity index (χ4n) is 2.44. The highest BCUT2D eigenvalue weighted by Gasteiger charge is 2.28. The Morgan fingerprint density at radius 1 is 1.56 bits per heavy atom. The highest BCUT2D eigenvalue weighted by molar-refractivity contribution is 5.69. The third-order valence-electron chi connectivity index (χ3n) is 3.62. The largest absolute Gasteiger partial charge is 0.476 e. The summed E-state index contributed by atoms with van der Waals surface area (Å²) >= 11 is 0. The van der Waals surface area contributed by atoms with Crippen LogP contribution in [-0.2, 0) is 11.2 Å². The summed E-state index contributed by atoms with van der Waals surface area (Å²) in [4.78, 5) is 11.0. The number of hydrogen-bond acceptors (Lipinski definition) is 1. The number of nitrogens with zero attached hydrogens (tertiary/aromatic N) is 1. The lowest BCUT2D eigenvalue weighted by molar-refractivity contribution is -0.708. The van der Waals surface area contributed by atoms with Crippen LogP contribution in [-0.4, -0.2) is 11.1 Å². The Kier molecular flexibility index (Phi) is 2.70. The van der Waals surface area contributed by atoms with Crippen molar-refractivity contribution in [1.29, 1.82) is 0 Å². The van der Waals surface area contributed by atoms with Crippen LogP contribution in [0.25, 0.3) is 0 Å². The van der Waals surface area contributed by atoms with Crippen molar-refractivity contribution in [2.75, 3.05) is 0 Å². The van der Waals surface area contributed by atoms with Crippen LogP contribution in [0.15, 0.2) is 12.4 Å². The molecule has 0 saturated carbocycles. The van der Waals surface area contributed by atoms with E-state index in [4.69, 9.17) is 5.11 Å². The van der Waals surface area contributed by atoms with E-state index in [-0.39, 0.29) is 0 Å². The van der Waals surface area contributed by atoms with Crippen molar-refractivity contribution in [3.63, 3.8) is 0 Å². The summed E-state index contributed by atoms with van der Waals surface area (Å²) in [6, 6.07) is -0.489. The van der Waals surface area contributed by atoms with Crippen LogP contribution in [0.2, 0.25) is 0 Å². The van der Waals surface area contributed by atoms with Gasteiger partial charge in [0.15, 0.2) is 12.4 Å². The van der Waals surface area contributed by atoms with Gasteiger partial charge in [0.25, 0.3) is 6.04 Å². The minimum atomic E-state index is -0.782. The molecule has 0 saturated heterocycles. The molecular formula is C13H18NO2+. The van der Waals surface area contributed by atoms with E-state index in [2.05, 4.69) is 13.8 Å². The Balaban J connectivity index is 2.47. The summed E-state index contributed by atoms with van der Waals surface area (Å²) < 4.78 is 1.82. The third-order valence-corrected chi connectivity index (χ3v) is 3.62. The first-order valence-electron chi connectivity index (χ1n) is 5.77. The summed E-state index contributed by atoms with van der Waals surface area (Å²) in [5, 5.41) is 9.02. The molecule has 1 aromatic rings. The maximum Gasteiger partial charge on any atom is 0.373 e. The molecule has 0 spiro atoms. The second kappa shape index (κ2) is 3.89. The zero-order chi connectivity index (χ0) is 11.9. The molecule has 16 heavy (non-hydrogen) atoms. The molecule has 2 atom stereocenters. The summed E-state index contributed by atoms with van der Waals surface area (Å²) in [6.07, 6.45) is 6.28. The van der Waals surface area contributed by atoms with Gasteiger partial charge in [-0.2, -0.15) is 4.57 Å². The van der Waals surface area contributed by atoms with Crippen LogP contribution in [0.1, 0.15) is 48.9 Å². The topological polar surface area (TPSA) is 41.2 Å². The molecule has 0 bridgehead atoms. The maximum atomic E-state index is 11.0. The summed E-state index contributed by atoms with van der Waals surface area (Å²) in [5.41, 5.74) is 3.96. The molecule has 2 unspecified atom stereocenters. The second-order valence-electron chi connectivity index (χ2n) is 4.78. The Morgan fingerprint density at radius 2 is 2.25 bits per heavy atom. The zero-order valence-electron chi connectivity index (χ0n) is 10.0. The lowest BCUT2D eigenvalue weighted by atomic mass is 10.0. The molecule has 3 heteroatoms. The van der Waals surface area contributed by atoms with Crippen molar-refractivity contribution in [2.24, 2.45) is 0 Å². The van der Waals surface area contributed by atoms with Gasteiger partial charge < -0.3 is 5.11 Å². The highest BCUT2D eigenvalue weighted by Crippen LogP contribution is 2.33. The molecule has 3 nitrogen and oxygen atoms in total. The quantitative estimate of drug-likeness (QED) is 0.774. The van der Waals surface area contributed by atoms with Gasteiger partial charge in [0.2, 0.25) is 0 Å². The van der Waals surface area contributed by atoms with Crippen LogP contribution < -0.4 is 4.57 Å². The Morgan fingerprint density at radius 3 is 2.88 bits per heavy atom. The van der Waals surface area contributed by atoms with E-state index in [1.807, 2.05) is 17.0 Å². The molecule has 86 valence electrons. The standard InChI is InChI=1S/C13H17NO2/c1-8-4-5-11-9(2)6-14(7-12(8)11)10(3)13(15)16/h6-8,10H,4-5H2,1-3H3/p+1. The van der Waals surface area contributed by atoms with E-state index >= 15 is 0 Å². The minimum absolute atomic E-state index is 0.489. The van der Waals surface area contributed by atoms with Crippen molar-refractivity contribution < 1.29 is 14.5 Å². The van der Waals surface area contributed by atoms with Crippen LogP contribution >= 0.6 is 0 Å². The van der Waals surface area contributed by atoms with Gasteiger partial charge >= 0.3 is 5.97 Å². The molecule has 1 aliphatic rings. The fraction of sp³-hybridized carbons (Fsp3) is 0.538. The zero-order valence-corrected chi connectivity index (χ0v) is 10.0. The lowest BCUT2D eigenvalue weighted by Crippen LogP contribution is -2.42. The molecular weight excluding hydrogens is 202 g/mol. The normalized spacial score (nSPS) is 20.6. The molecule has 1 N–H and O–H groups in total. The van der Waals surface area contributed by atoms with Crippen LogP contribution in [0.4, 0.5) is 0 Å². The number of aryl methyl sites for hydroxylation is 1. The number of pyridine rings is 1. The lowest BCUT2D eigenvalue weighted by Gasteiger charge is -2.08. The van der Waals surface area contributed by atoms with E-state index in [1.54, 1.807) is 6.92 Å². The van der Waals surface area contributed by atoms with E-state index in [1.165, 1.54) is 23.1 Å². The number of fused-ring (bicyclic) bond motifs is 1. The molecule has 0 radical (unpaired) electrons. The monoisotopic (exact) mass is 220 g/mol. The number of carbonyl (C=O) groups is 1. The Bertz CT molecular complexity index is 440. The van der Waals surface area contributed by atoms with Crippen molar-refractivity contribution >= 4 is 5.97 Å². The van der Waals surface area contributed by atoms with Crippen LogP contribution in [0.5, 0.6) is 0 Å². The fourth-order valence-corrected chi connectivity index (χ4v) is 2.44. The molecule has 1 aromatic heterocycles. The number of carboxylic acid groups (broad SMARTS) is 1. The molecule has 1 heterocycles. The van der Waals surface area contributed by atoms with Gasteiger partial charge in [-0.3, -0.25) is 0 Å². The molecule has 0 amide bonds. The summed E-state index contributed by atoms with van der Waals surface area (Å²) in [7, 11) is 0. The number of rotatable bonds is 2. The van der Waals surface area contributed by atoms with E-state index in [9.17, 15) is 4.79 Å². The van der Waals surface area contributed by atoms with Gasteiger partial charge in [-0.15, -0.1) is 0 Å². The van der Waals surface area contributed by atoms with Gasteiger partial charge in [0.05, 0.1) is 0 Å². The van der Waals surface area contributed by atoms with Crippen LogP contribution in [0.3, 0.4) is 0 Å². The second-order valence-corrected chi connectivity index (χ2v) is 4.78. The molecule has 1 aliphatic carbocycles. The smallest absolute Gasteiger partial charge is 0.373 e. The number of aromatic nitrogens is 1. The van der Waals surface area contributed by atoms with E-state index in [0.717, 1.165) is 6.42 Å². The molecule has 0 aliphatic heterocycles. The van der Waals surface area contributed by atoms with Gasteiger partial charge in [-0.25, -0.2) is 4.79 Å². The SMILES string of the molecule is Cc1c[n+](C(C)C(=O)O)cc2c1CCC2C. The van der Waals surface area contributed by atoms with E-state index in [0.29, 0.717) is 5.92 Å². The van der Waals surface area contributed by atoms with E-state index < -0.39 is 12.0 Å². The van der Waals surface area contributed by atoms with Crippen molar-refractivity contribution in [2.45, 2.75) is 45.6 Å². The third kappa shape index (κ3) is 1.70. The van der Waals surface area contributed by atoms with Crippen molar-refractivity contribution in [3.05, 3.63) is 29.1 Å².